The van der Waals surface area contributed by atoms with Crippen molar-refractivity contribution >= 4 is 34.8 Å². The van der Waals surface area contributed by atoms with Gasteiger partial charge in [0.15, 0.2) is 5.11 Å². The molecule has 3 aromatic rings. The third-order valence-corrected chi connectivity index (χ3v) is 5.91. The van der Waals surface area contributed by atoms with Gasteiger partial charge in [0.1, 0.15) is 5.75 Å². The Hall–Kier alpha value is -2.50. The second kappa shape index (κ2) is 12.4. The minimum atomic E-state index is 0.202. The highest BCUT2D eigenvalue weighted by Crippen LogP contribution is 2.23. The highest BCUT2D eigenvalue weighted by molar-refractivity contribution is 7.98. The van der Waals surface area contributed by atoms with Crippen LogP contribution in [-0.2, 0) is 12.2 Å². The van der Waals surface area contributed by atoms with E-state index < -0.39 is 0 Å². The summed E-state index contributed by atoms with van der Waals surface area (Å²) in [6.45, 7) is 4.91. The summed E-state index contributed by atoms with van der Waals surface area (Å²) in [7, 11) is 0. The zero-order chi connectivity index (χ0) is 21.9. The van der Waals surface area contributed by atoms with Gasteiger partial charge in [0.2, 0.25) is 0 Å². The molecule has 31 heavy (non-hydrogen) atoms. The van der Waals surface area contributed by atoms with Crippen LogP contribution in [0.4, 0.5) is 5.69 Å². The molecule has 0 heterocycles. The predicted molar refractivity (Wildman–Crippen MR) is 137 cm³/mol. The van der Waals surface area contributed by atoms with E-state index in [1.807, 2.05) is 43.8 Å². The molecule has 3 nitrogen and oxygen atoms in total. The molecule has 0 aromatic heterocycles. The summed E-state index contributed by atoms with van der Waals surface area (Å²) in [5, 5.41) is 7.22. The molecule has 0 aliphatic heterocycles. The number of hydrogen-bond acceptors (Lipinski definition) is 3. The molecule has 3 aromatic carbocycles. The van der Waals surface area contributed by atoms with E-state index >= 15 is 0 Å². The smallest absolute Gasteiger partial charge is 0.170 e. The molecule has 2 N–H and O–H groups in total. The number of ether oxygens (including phenoxy) is 1. The van der Waals surface area contributed by atoms with E-state index in [1.165, 1.54) is 16.0 Å². The van der Waals surface area contributed by atoms with Gasteiger partial charge in [0.25, 0.3) is 0 Å². The molecule has 162 valence electrons. The number of benzene rings is 3. The van der Waals surface area contributed by atoms with Crippen molar-refractivity contribution in [2.45, 2.75) is 43.4 Å². The Labute approximate surface area is 195 Å². The Balaban J connectivity index is 1.34. The molecular formula is C26H30N2OS2. The van der Waals surface area contributed by atoms with Crippen LogP contribution in [0.15, 0.2) is 83.8 Å². The fraction of sp³-hybridized carbons (Fsp3) is 0.269. The van der Waals surface area contributed by atoms with Crippen molar-refractivity contribution in [2.75, 3.05) is 11.9 Å². The van der Waals surface area contributed by atoms with E-state index in [4.69, 9.17) is 17.0 Å². The Kier molecular flexibility index (Phi) is 9.25. The van der Waals surface area contributed by atoms with Crippen molar-refractivity contribution in [2.24, 2.45) is 0 Å². The minimum absolute atomic E-state index is 0.202. The molecule has 0 aliphatic carbocycles. The predicted octanol–water partition coefficient (Wildman–Crippen LogP) is 6.69. The molecular weight excluding hydrogens is 420 g/mol. The monoisotopic (exact) mass is 450 g/mol. The Morgan fingerprint density at radius 3 is 2.26 bits per heavy atom. The molecule has 0 spiro atoms. The summed E-state index contributed by atoms with van der Waals surface area (Å²) < 4.78 is 5.69. The lowest BCUT2D eigenvalue weighted by Crippen LogP contribution is -2.29. The topological polar surface area (TPSA) is 33.3 Å². The second-order valence-electron chi connectivity index (χ2n) is 7.59. The van der Waals surface area contributed by atoms with Gasteiger partial charge in [-0.3, -0.25) is 0 Å². The molecule has 0 radical (unpaired) electrons. The van der Waals surface area contributed by atoms with E-state index in [9.17, 15) is 0 Å². The number of thiocarbonyl (C=S) groups is 1. The fourth-order valence-corrected chi connectivity index (χ4v) is 4.14. The van der Waals surface area contributed by atoms with Gasteiger partial charge in [-0.1, -0.05) is 42.5 Å². The van der Waals surface area contributed by atoms with Gasteiger partial charge < -0.3 is 15.4 Å². The highest BCUT2D eigenvalue weighted by atomic mass is 32.2. The summed E-state index contributed by atoms with van der Waals surface area (Å²) in [6, 6.07) is 27.3. The Morgan fingerprint density at radius 2 is 1.58 bits per heavy atom. The van der Waals surface area contributed by atoms with Gasteiger partial charge >= 0.3 is 0 Å². The second-order valence-corrected chi connectivity index (χ2v) is 9.05. The molecule has 0 bridgehead atoms. The first-order chi connectivity index (χ1) is 15.1. The number of hydrogen-bond donors (Lipinski definition) is 2. The normalized spacial score (nSPS) is 10.7. The van der Waals surface area contributed by atoms with Gasteiger partial charge in [0, 0.05) is 22.9 Å². The Bertz CT molecular complexity index is 926. The maximum atomic E-state index is 5.69. The van der Waals surface area contributed by atoms with Crippen LogP contribution >= 0.6 is 24.0 Å². The summed E-state index contributed by atoms with van der Waals surface area (Å²) in [5.74, 6) is 1.88. The van der Waals surface area contributed by atoms with Crippen molar-refractivity contribution < 1.29 is 4.74 Å². The third kappa shape index (κ3) is 8.64. The number of rotatable bonds is 10. The number of aryl methyl sites for hydroxylation is 1. The van der Waals surface area contributed by atoms with Crippen LogP contribution in [0.2, 0.25) is 0 Å². The van der Waals surface area contributed by atoms with Gasteiger partial charge in [-0.05, 0) is 86.4 Å². The van der Waals surface area contributed by atoms with E-state index in [0.29, 0.717) is 5.11 Å². The summed E-state index contributed by atoms with van der Waals surface area (Å²) in [6.07, 6.45) is 2.22. The third-order valence-electron chi connectivity index (χ3n) is 4.58. The molecule has 0 saturated heterocycles. The van der Waals surface area contributed by atoms with Crippen molar-refractivity contribution in [1.29, 1.82) is 0 Å². The van der Waals surface area contributed by atoms with Crippen molar-refractivity contribution in [3.8, 4) is 5.75 Å². The molecule has 0 atom stereocenters. The average Bonchev–Trinajstić information content (AvgIpc) is 2.78. The van der Waals surface area contributed by atoms with Crippen LogP contribution in [0, 0.1) is 0 Å². The SMILES string of the molecule is CC(C)Oc1ccc(CCCNC(=S)Nc2ccc(CSc3ccccc3)cc2)cc1. The molecule has 5 heteroatoms. The van der Waals surface area contributed by atoms with Crippen LogP contribution in [0.1, 0.15) is 31.4 Å². The zero-order valence-electron chi connectivity index (χ0n) is 18.1. The summed E-state index contributed by atoms with van der Waals surface area (Å²) in [4.78, 5) is 1.29. The van der Waals surface area contributed by atoms with Crippen molar-refractivity contribution in [1.82, 2.24) is 5.32 Å². The van der Waals surface area contributed by atoms with Crippen molar-refractivity contribution in [3.05, 3.63) is 90.0 Å². The van der Waals surface area contributed by atoms with Crippen LogP contribution in [0.3, 0.4) is 0 Å². The number of anilines is 1. The molecule has 0 aliphatic rings. The maximum absolute atomic E-state index is 5.69. The first-order valence-corrected chi connectivity index (χ1v) is 12.0. The summed E-state index contributed by atoms with van der Waals surface area (Å²) >= 11 is 7.27. The molecule has 0 amide bonds. The van der Waals surface area contributed by atoms with Crippen LogP contribution < -0.4 is 15.4 Å². The summed E-state index contributed by atoms with van der Waals surface area (Å²) in [5.41, 5.74) is 3.61. The van der Waals surface area contributed by atoms with Gasteiger partial charge in [-0.25, -0.2) is 0 Å². The largest absolute Gasteiger partial charge is 0.491 e. The first-order valence-electron chi connectivity index (χ1n) is 10.7. The lowest BCUT2D eigenvalue weighted by atomic mass is 10.1. The number of thioether (sulfide) groups is 1. The van der Waals surface area contributed by atoms with E-state index in [1.54, 1.807) is 0 Å². The van der Waals surface area contributed by atoms with Gasteiger partial charge in [0.05, 0.1) is 6.10 Å². The molecule has 0 unspecified atom stereocenters. The van der Waals surface area contributed by atoms with Gasteiger partial charge in [-0.2, -0.15) is 0 Å². The van der Waals surface area contributed by atoms with E-state index in [2.05, 4.69) is 71.3 Å². The van der Waals surface area contributed by atoms with Crippen molar-refractivity contribution in [3.63, 3.8) is 0 Å². The first kappa shape index (κ1) is 23.2. The molecule has 0 fully saturated rings. The fourth-order valence-electron chi connectivity index (χ4n) is 3.04. The Morgan fingerprint density at radius 1 is 0.903 bits per heavy atom. The zero-order valence-corrected chi connectivity index (χ0v) is 19.8. The molecule has 0 saturated carbocycles. The average molecular weight is 451 g/mol. The minimum Gasteiger partial charge on any atom is -0.491 e. The van der Waals surface area contributed by atoms with Gasteiger partial charge in [-0.15, -0.1) is 11.8 Å². The lowest BCUT2D eigenvalue weighted by molar-refractivity contribution is 0.242. The maximum Gasteiger partial charge on any atom is 0.170 e. The van der Waals surface area contributed by atoms with Crippen LogP contribution in [0.25, 0.3) is 0 Å². The lowest BCUT2D eigenvalue weighted by Gasteiger charge is -2.12. The van der Waals surface area contributed by atoms with E-state index in [-0.39, 0.29) is 6.10 Å². The quantitative estimate of drug-likeness (QED) is 0.204. The van der Waals surface area contributed by atoms with Crippen LogP contribution in [-0.4, -0.2) is 17.8 Å². The highest BCUT2D eigenvalue weighted by Gasteiger charge is 2.01. The number of nitrogens with one attached hydrogen (secondary N) is 2. The molecule has 3 rings (SSSR count). The standard InChI is InChI=1S/C26H30N2OS2/c1-20(2)29-24-16-12-21(13-17-24)7-6-18-27-26(30)28-23-14-10-22(11-15-23)19-31-25-8-4-3-5-9-25/h3-5,8-17,20H,6-7,18-19H2,1-2H3,(H2,27,28,30). The van der Waals surface area contributed by atoms with E-state index in [0.717, 1.165) is 36.6 Å². The van der Waals surface area contributed by atoms with Crippen LogP contribution in [0.5, 0.6) is 5.75 Å².